The van der Waals surface area contributed by atoms with Crippen LogP contribution in [0.25, 0.3) is 0 Å². The average molecular weight is 268 g/mol. The fraction of sp³-hybridized carbons (Fsp3) is 0.538. The van der Waals surface area contributed by atoms with Crippen LogP contribution in [0, 0.1) is 0 Å². The summed E-state index contributed by atoms with van der Waals surface area (Å²) < 4.78 is 10.1. The molecule has 0 spiro atoms. The van der Waals surface area contributed by atoms with Gasteiger partial charge in [-0.2, -0.15) is 0 Å². The van der Waals surface area contributed by atoms with Crippen molar-refractivity contribution in [2.75, 3.05) is 34.0 Å². The molecule has 0 saturated heterocycles. The molecule has 0 bridgehead atoms. The van der Waals surface area contributed by atoms with Gasteiger partial charge in [0.25, 0.3) is 5.91 Å². The molecule has 0 aliphatic heterocycles. The molecule has 6 heteroatoms. The highest BCUT2D eigenvalue weighted by Crippen LogP contribution is 2.07. The fourth-order valence-corrected chi connectivity index (χ4v) is 1.75. The van der Waals surface area contributed by atoms with E-state index in [1.54, 1.807) is 19.1 Å². The molecule has 1 N–H and O–H groups in total. The Balaban J connectivity index is 2.86. The summed E-state index contributed by atoms with van der Waals surface area (Å²) in [7, 11) is 3.18. The van der Waals surface area contributed by atoms with Gasteiger partial charge < -0.3 is 19.4 Å². The number of ether oxygens (including phenoxy) is 2. The van der Waals surface area contributed by atoms with Gasteiger partial charge in [0.15, 0.2) is 0 Å². The van der Waals surface area contributed by atoms with Gasteiger partial charge in [0.05, 0.1) is 24.8 Å². The molecule has 6 nitrogen and oxygen atoms in total. The highest BCUT2D eigenvalue weighted by Gasteiger charge is 2.21. The van der Waals surface area contributed by atoms with Gasteiger partial charge in [0, 0.05) is 33.0 Å². The Hall–Kier alpha value is -1.66. The van der Waals surface area contributed by atoms with Gasteiger partial charge in [-0.1, -0.05) is 0 Å². The summed E-state index contributed by atoms with van der Waals surface area (Å²) in [6.07, 6.45) is 1.42. The van der Waals surface area contributed by atoms with Crippen molar-refractivity contribution in [2.24, 2.45) is 0 Å². The van der Waals surface area contributed by atoms with E-state index in [-0.39, 0.29) is 17.5 Å². The molecular weight excluding hydrogens is 248 g/mol. The lowest BCUT2D eigenvalue weighted by Gasteiger charge is -2.28. The normalized spacial score (nSPS) is 12.2. The Morgan fingerprint density at radius 2 is 2.11 bits per heavy atom. The van der Waals surface area contributed by atoms with Crippen LogP contribution in [-0.4, -0.2) is 55.8 Å². The minimum absolute atomic E-state index is 0.0698. The van der Waals surface area contributed by atoms with E-state index in [1.165, 1.54) is 18.3 Å². The second kappa shape index (κ2) is 7.70. The Morgan fingerprint density at radius 1 is 1.37 bits per heavy atom. The highest BCUT2D eigenvalue weighted by molar-refractivity contribution is 5.94. The molecule has 0 aliphatic carbocycles. The quantitative estimate of drug-likeness (QED) is 0.781. The first-order valence-corrected chi connectivity index (χ1v) is 6.07. The molecule has 0 aromatic carbocycles. The maximum absolute atomic E-state index is 12.4. The molecule has 1 unspecified atom stereocenters. The summed E-state index contributed by atoms with van der Waals surface area (Å²) in [6, 6.07) is 2.78. The maximum atomic E-state index is 12.4. The number of pyridine rings is 1. The first-order valence-electron chi connectivity index (χ1n) is 6.07. The summed E-state index contributed by atoms with van der Waals surface area (Å²) >= 11 is 0. The number of H-pyrrole nitrogens is 1. The van der Waals surface area contributed by atoms with Crippen LogP contribution in [0.15, 0.2) is 23.1 Å². The Labute approximate surface area is 112 Å². The number of aromatic nitrogens is 1. The van der Waals surface area contributed by atoms with E-state index in [9.17, 15) is 9.59 Å². The standard InChI is InChI=1S/C13H20N2O4/c1-10(9-19-3)15(6-7-18-2)13(17)11-4-5-12(16)14-8-11/h4-5,8,10H,6-7,9H2,1-3H3,(H,14,16). The average Bonchev–Trinajstić information content (AvgIpc) is 2.40. The smallest absolute Gasteiger partial charge is 0.255 e. The van der Waals surface area contributed by atoms with Crippen LogP contribution in [0.1, 0.15) is 17.3 Å². The molecule has 1 heterocycles. The number of nitrogens with one attached hydrogen (secondary N) is 1. The van der Waals surface area contributed by atoms with E-state index in [2.05, 4.69) is 4.98 Å². The van der Waals surface area contributed by atoms with Crippen molar-refractivity contribution in [3.63, 3.8) is 0 Å². The minimum Gasteiger partial charge on any atom is -0.383 e. The predicted octanol–water partition coefficient (Wildman–Crippen LogP) is 0.498. The van der Waals surface area contributed by atoms with Gasteiger partial charge in [-0.15, -0.1) is 0 Å². The van der Waals surface area contributed by atoms with Crippen molar-refractivity contribution >= 4 is 5.91 Å². The Morgan fingerprint density at radius 3 is 2.63 bits per heavy atom. The van der Waals surface area contributed by atoms with E-state index in [4.69, 9.17) is 9.47 Å². The van der Waals surface area contributed by atoms with Crippen LogP contribution in [0.2, 0.25) is 0 Å². The number of hydrogen-bond donors (Lipinski definition) is 1. The van der Waals surface area contributed by atoms with Crippen LogP contribution in [0.5, 0.6) is 0 Å². The van der Waals surface area contributed by atoms with Crippen molar-refractivity contribution in [1.29, 1.82) is 0 Å². The molecular formula is C13H20N2O4. The zero-order chi connectivity index (χ0) is 14.3. The van der Waals surface area contributed by atoms with Gasteiger partial charge in [-0.3, -0.25) is 9.59 Å². The zero-order valence-corrected chi connectivity index (χ0v) is 11.5. The number of amides is 1. The molecule has 1 amide bonds. The number of carbonyl (C=O) groups excluding carboxylic acids is 1. The Kier molecular flexibility index (Phi) is 6.24. The Bertz CT molecular complexity index is 438. The molecule has 0 saturated carbocycles. The van der Waals surface area contributed by atoms with Crippen molar-refractivity contribution in [2.45, 2.75) is 13.0 Å². The topological polar surface area (TPSA) is 71.6 Å². The van der Waals surface area contributed by atoms with Crippen molar-refractivity contribution in [3.05, 3.63) is 34.2 Å². The third-order valence-electron chi connectivity index (χ3n) is 2.77. The van der Waals surface area contributed by atoms with Crippen LogP contribution in [-0.2, 0) is 9.47 Å². The molecule has 1 rings (SSSR count). The summed E-state index contributed by atoms with van der Waals surface area (Å²) in [5.74, 6) is -0.155. The van der Waals surface area contributed by atoms with Crippen LogP contribution in [0.4, 0.5) is 0 Å². The van der Waals surface area contributed by atoms with Crippen molar-refractivity contribution < 1.29 is 14.3 Å². The van der Waals surface area contributed by atoms with E-state index < -0.39 is 0 Å². The van der Waals surface area contributed by atoms with Crippen molar-refractivity contribution in [3.8, 4) is 0 Å². The monoisotopic (exact) mass is 268 g/mol. The highest BCUT2D eigenvalue weighted by atomic mass is 16.5. The molecule has 1 aromatic heterocycles. The zero-order valence-electron chi connectivity index (χ0n) is 11.5. The summed E-state index contributed by atoms with van der Waals surface area (Å²) in [4.78, 5) is 27.5. The van der Waals surface area contributed by atoms with E-state index in [0.29, 0.717) is 25.3 Å². The minimum atomic E-state index is -0.232. The van der Waals surface area contributed by atoms with Crippen molar-refractivity contribution in [1.82, 2.24) is 9.88 Å². The maximum Gasteiger partial charge on any atom is 0.255 e. The summed E-state index contributed by atoms with van der Waals surface area (Å²) in [6.45, 7) is 3.27. The molecule has 0 radical (unpaired) electrons. The molecule has 106 valence electrons. The lowest BCUT2D eigenvalue weighted by molar-refractivity contribution is 0.0479. The largest absolute Gasteiger partial charge is 0.383 e. The first kappa shape index (κ1) is 15.4. The van der Waals surface area contributed by atoms with Gasteiger partial charge in [-0.25, -0.2) is 0 Å². The van der Waals surface area contributed by atoms with Crippen LogP contribution in [0.3, 0.4) is 0 Å². The van der Waals surface area contributed by atoms with Crippen LogP contribution < -0.4 is 5.56 Å². The number of rotatable bonds is 7. The van der Waals surface area contributed by atoms with Gasteiger partial charge in [0.2, 0.25) is 5.56 Å². The molecule has 19 heavy (non-hydrogen) atoms. The molecule has 1 aromatic rings. The third kappa shape index (κ3) is 4.50. The first-order chi connectivity index (χ1) is 9.10. The summed E-state index contributed by atoms with van der Waals surface area (Å²) in [5.41, 5.74) is 0.212. The number of methoxy groups -OCH3 is 2. The number of carbonyl (C=O) groups is 1. The number of hydrogen-bond acceptors (Lipinski definition) is 4. The van der Waals surface area contributed by atoms with E-state index in [0.717, 1.165) is 0 Å². The number of nitrogens with zero attached hydrogens (tertiary/aromatic N) is 1. The third-order valence-corrected chi connectivity index (χ3v) is 2.77. The summed E-state index contributed by atoms with van der Waals surface area (Å²) in [5, 5.41) is 0. The van der Waals surface area contributed by atoms with Gasteiger partial charge in [-0.05, 0) is 13.0 Å². The fourth-order valence-electron chi connectivity index (χ4n) is 1.75. The molecule has 0 aliphatic rings. The van der Waals surface area contributed by atoms with Gasteiger partial charge >= 0.3 is 0 Å². The lowest BCUT2D eigenvalue weighted by Crippen LogP contribution is -2.43. The SMILES string of the molecule is COCCN(C(=O)c1ccc(=O)[nH]c1)C(C)COC. The van der Waals surface area contributed by atoms with E-state index >= 15 is 0 Å². The predicted molar refractivity (Wildman–Crippen MR) is 71.3 cm³/mol. The molecule has 1 atom stereocenters. The number of aromatic amines is 1. The van der Waals surface area contributed by atoms with E-state index in [1.807, 2.05) is 6.92 Å². The van der Waals surface area contributed by atoms with Gasteiger partial charge in [0.1, 0.15) is 0 Å². The second-order valence-corrected chi connectivity index (χ2v) is 4.24. The molecule has 0 fully saturated rings. The lowest BCUT2D eigenvalue weighted by atomic mass is 10.2. The second-order valence-electron chi connectivity index (χ2n) is 4.24. The van der Waals surface area contributed by atoms with Crippen LogP contribution >= 0.6 is 0 Å².